The number of ether oxygens (including phenoxy) is 1. The number of aromatic nitrogens is 2. The van der Waals surface area contributed by atoms with Crippen LogP contribution in [0.4, 0.5) is 17.6 Å². The maximum Gasteiger partial charge on any atom is 0.282 e. The molecule has 0 saturated carbocycles. The van der Waals surface area contributed by atoms with Gasteiger partial charge in [0.1, 0.15) is 17.4 Å². The third-order valence-electron chi connectivity index (χ3n) is 3.05. The van der Waals surface area contributed by atoms with Gasteiger partial charge in [0.15, 0.2) is 0 Å². The zero-order valence-electron chi connectivity index (χ0n) is 13.2. The Morgan fingerprint density at radius 2 is 1.91 bits per heavy atom. The Bertz CT molecular complexity index is 506. The van der Waals surface area contributed by atoms with Crippen LogP contribution in [0.5, 0.6) is 0 Å². The lowest BCUT2D eigenvalue weighted by molar-refractivity contribution is -0.124. The van der Waals surface area contributed by atoms with E-state index in [2.05, 4.69) is 10.4 Å². The van der Waals surface area contributed by atoms with Crippen LogP contribution >= 0.6 is 0 Å². The molecule has 0 aliphatic carbocycles. The summed E-state index contributed by atoms with van der Waals surface area (Å²) >= 11 is 0. The van der Waals surface area contributed by atoms with Crippen molar-refractivity contribution >= 4 is 5.91 Å². The zero-order chi connectivity index (χ0) is 17.6. The molecule has 1 heterocycles. The summed E-state index contributed by atoms with van der Waals surface area (Å²) in [6, 6.07) is -0.493. The van der Waals surface area contributed by atoms with Crippen LogP contribution in [0.25, 0.3) is 0 Å². The standard InChI is InChI=1S/C14H21F4N3O2/c1-8(2)23-6-4-5-19-14(22)9(3)21-11(13(17)18)7-10(20-21)12(15)16/h7-9,12-13H,4-6H2,1-3H3,(H,19,22). The van der Waals surface area contributed by atoms with E-state index in [1.54, 1.807) is 0 Å². The molecule has 0 spiro atoms. The first-order valence-corrected chi connectivity index (χ1v) is 7.29. The van der Waals surface area contributed by atoms with Crippen LogP contribution < -0.4 is 5.32 Å². The Kier molecular flexibility index (Phi) is 7.47. The van der Waals surface area contributed by atoms with Gasteiger partial charge in [0.05, 0.1) is 6.10 Å². The van der Waals surface area contributed by atoms with Crippen LogP contribution in [-0.4, -0.2) is 34.9 Å². The number of rotatable bonds is 9. The lowest BCUT2D eigenvalue weighted by atomic mass is 10.3. The minimum absolute atomic E-state index is 0.0788. The monoisotopic (exact) mass is 339 g/mol. The average molecular weight is 339 g/mol. The fourth-order valence-electron chi connectivity index (χ4n) is 1.87. The molecule has 5 nitrogen and oxygen atoms in total. The highest BCUT2D eigenvalue weighted by atomic mass is 19.3. The average Bonchev–Trinajstić information content (AvgIpc) is 2.91. The van der Waals surface area contributed by atoms with Crippen molar-refractivity contribution in [1.82, 2.24) is 15.1 Å². The Hall–Kier alpha value is -1.64. The van der Waals surface area contributed by atoms with Crippen molar-refractivity contribution in [2.24, 2.45) is 0 Å². The number of amides is 1. The lowest BCUT2D eigenvalue weighted by Gasteiger charge is -2.15. The van der Waals surface area contributed by atoms with E-state index in [1.165, 1.54) is 6.92 Å². The topological polar surface area (TPSA) is 56.1 Å². The van der Waals surface area contributed by atoms with Gasteiger partial charge in [-0.25, -0.2) is 17.6 Å². The van der Waals surface area contributed by atoms with Crippen molar-refractivity contribution in [3.63, 3.8) is 0 Å². The highest BCUT2D eigenvalue weighted by Crippen LogP contribution is 2.27. The van der Waals surface area contributed by atoms with Crippen LogP contribution in [-0.2, 0) is 9.53 Å². The number of alkyl halides is 4. The molecule has 0 saturated heterocycles. The first-order valence-electron chi connectivity index (χ1n) is 7.29. The van der Waals surface area contributed by atoms with Gasteiger partial charge >= 0.3 is 0 Å². The van der Waals surface area contributed by atoms with E-state index in [9.17, 15) is 22.4 Å². The highest BCUT2D eigenvalue weighted by Gasteiger charge is 2.26. The number of carbonyl (C=O) groups is 1. The summed E-state index contributed by atoms with van der Waals surface area (Å²) in [5.41, 5.74) is -1.48. The van der Waals surface area contributed by atoms with Crippen LogP contribution in [0, 0.1) is 0 Å². The van der Waals surface area contributed by atoms with Crippen molar-refractivity contribution in [3.05, 3.63) is 17.5 Å². The second kappa shape index (κ2) is 8.85. The summed E-state index contributed by atoms with van der Waals surface area (Å²) in [7, 11) is 0. The number of halogens is 4. The number of hydrogen-bond acceptors (Lipinski definition) is 3. The van der Waals surface area contributed by atoms with Gasteiger partial charge in [-0.1, -0.05) is 0 Å². The molecule has 0 aliphatic rings. The molecule has 0 fully saturated rings. The normalized spacial score (nSPS) is 13.1. The maximum atomic E-state index is 12.9. The van der Waals surface area contributed by atoms with Crippen molar-refractivity contribution in [2.75, 3.05) is 13.2 Å². The summed E-state index contributed by atoms with van der Waals surface area (Å²) in [6.45, 7) is 5.83. The molecule has 0 aromatic carbocycles. The van der Waals surface area contributed by atoms with Gasteiger partial charge in [-0.05, 0) is 33.3 Å². The van der Waals surface area contributed by atoms with Crippen molar-refractivity contribution in [3.8, 4) is 0 Å². The lowest BCUT2D eigenvalue weighted by Crippen LogP contribution is -2.33. The van der Waals surface area contributed by atoms with Gasteiger partial charge in [-0.3, -0.25) is 9.48 Å². The molecule has 1 amide bonds. The van der Waals surface area contributed by atoms with Crippen molar-refractivity contribution in [1.29, 1.82) is 0 Å². The smallest absolute Gasteiger partial charge is 0.282 e. The maximum absolute atomic E-state index is 12.9. The molecule has 23 heavy (non-hydrogen) atoms. The van der Waals surface area contributed by atoms with Crippen LogP contribution in [0.15, 0.2) is 6.07 Å². The van der Waals surface area contributed by atoms with E-state index < -0.39 is 36.2 Å². The molecule has 9 heteroatoms. The Labute approximate surface area is 132 Å². The third-order valence-corrected chi connectivity index (χ3v) is 3.05. The van der Waals surface area contributed by atoms with Crippen LogP contribution in [0.1, 0.15) is 57.5 Å². The quantitative estimate of drug-likeness (QED) is 0.555. The van der Waals surface area contributed by atoms with Gasteiger partial charge in [0, 0.05) is 13.2 Å². The summed E-state index contributed by atoms with van der Waals surface area (Å²) in [4.78, 5) is 11.9. The summed E-state index contributed by atoms with van der Waals surface area (Å²) in [5.74, 6) is -0.569. The molecular weight excluding hydrogens is 318 g/mol. The fraction of sp³-hybridized carbons (Fsp3) is 0.714. The minimum atomic E-state index is -3.00. The van der Waals surface area contributed by atoms with Gasteiger partial charge in [-0.2, -0.15) is 5.10 Å². The second-order valence-electron chi connectivity index (χ2n) is 5.28. The van der Waals surface area contributed by atoms with Gasteiger partial charge in [0.25, 0.3) is 12.9 Å². The van der Waals surface area contributed by atoms with E-state index in [4.69, 9.17) is 4.74 Å². The van der Waals surface area contributed by atoms with E-state index in [-0.39, 0.29) is 6.10 Å². The first kappa shape index (κ1) is 19.4. The predicted octanol–water partition coefficient (Wildman–Crippen LogP) is 3.25. The molecule has 132 valence electrons. The van der Waals surface area contributed by atoms with E-state index in [0.717, 1.165) is 0 Å². The number of carbonyl (C=O) groups excluding carboxylic acids is 1. The van der Waals surface area contributed by atoms with E-state index in [1.807, 2.05) is 13.8 Å². The summed E-state index contributed by atoms with van der Waals surface area (Å²) in [6.07, 6.45) is -5.34. The van der Waals surface area contributed by atoms with Crippen LogP contribution in [0.3, 0.4) is 0 Å². The number of hydrogen-bond donors (Lipinski definition) is 1. The summed E-state index contributed by atoms with van der Waals surface area (Å²) < 4.78 is 57.0. The number of nitrogens with one attached hydrogen (secondary N) is 1. The Morgan fingerprint density at radius 3 is 2.43 bits per heavy atom. The molecule has 1 atom stereocenters. The first-order chi connectivity index (χ1) is 10.7. The Morgan fingerprint density at radius 1 is 1.26 bits per heavy atom. The van der Waals surface area contributed by atoms with Gasteiger partial charge < -0.3 is 10.1 Å². The van der Waals surface area contributed by atoms with Crippen molar-refractivity contribution in [2.45, 2.75) is 52.2 Å². The number of nitrogens with zero attached hydrogens (tertiary/aromatic N) is 2. The second-order valence-corrected chi connectivity index (χ2v) is 5.28. The molecule has 0 radical (unpaired) electrons. The van der Waals surface area contributed by atoms with Crippen molar-refractivity contribution < 1.29 is 27.1 Å². The SMILES string of the molecule is CC(C)OCCCNC(=O)C(C)n1nc(C(F)F)cc1C(F)F. The summed E-state index contributed by atoms with van der Waals surface area (Å²) in [5, 5.41) is 5.97. The molecule has 0 bridgehead atoms. The Balaban J connectivity index is 2.65. The zero-order valence-corrected chi connectivity index (χ0v) is 13.2. The molecular formula is C14H21F4N3O2. The molecule has 0 aliphatic heterocycles. The van der Waals surface area contributed by atoms with Crippen LogP contribution in [0.2, 0.25) is 0 Å². The minimum Gasteiger partial charge on any atom is -0.379 e. The van der Waals surface area contributed by atoms with Gasteiger partial charge in [0.2, 0.25) is 5.91 Å². The predicted molar refractivity (Wildman–Crippen MR) is 75.6 cm³/mol. The molecule has 1 aromatic heterocycles. The third kappa shape index (κ3) is 5.81. The highest BCUT2D eigenvalue weighted by molar-refractivity contribution is 5.79. The molecule has 1 rings (SSSR count). The largest absolute Gasteiger partial charge is 0.379 e. The molecule has 1 aromatic rings. The van der Waals surface area contributed by atoms with E-state index >= 15 is 0 Å². The fourth-order valence-corrected chi connectivity index (χ4v) is 1.87. The van der Waals surface area contributed by atoms with Gasteiger partial charge in [-0.15, -0.1) is 0 Å². The molecule has 1 N–H and O–H groups in total. The molecule has 1 unspecified atom stereocenters. The van der Waals surface area contributed by atoms with E-state index in [0.29, 0.717) is 30.3 Å².